The molecule has 0 fully saturated rings. The van der Waals surface area contributed by atoms with Crippen LogP contribution in [0, 0.1) is 0 Å². The molecule has 0 N–H and O–H groups in total. The molecule has 0 aromatic carbocycles. The molecular weight excluding hydrogens is 178 g/mol. The van der Waals surface area contributed by atoms with Gasteiger partial charge in [0.1, 0.15) is 0 Å². The van der Waals surface area contributed by atoms with Gasteiger partial charge in [-0.3, -0.25) is 4.79 Å². The minimum atomic E-state index is 0.0339. The standard InChI is InChI=1S/C11H17NO2/c1-2-3-9-14-10-8-12-7-5-4-6-11(12)13/h4-7H,2-3,8-10H2,1H3. The molecule has 1 heterocycles. The van der Waals surface area contributed by atoms with E-state index < -0.39 is 0 Å². The van der Waals surface area contributed by atoms with Gasteiger partial charge in [-0.25, -0.2) is 0 Å². The van der Waals surface area contributed by atoms with E-state index in [-0.39, 0.29) is 5.56 Å². The van der Waals surface area contributed by atoms with Gasteiger partial charge in [0.2, 0.25) is 0 Å². The largest absolute Gasteiger partial charge is 0.380 e. The summed E-state index contributed by atoms with van der Waals surface area (Å²) in [5.41, 5.74) is 0.0339. The highest BCUT2D eigenvalue weighted by Gasteiger charge is 1.93. The summed E-state index contributed by atoms with van der Waals surface area (Å²) >= 11 is 0. The van der Waals surface area contributed by atoms with Crippen molar-refractivity contribution < 1.29 is 4.74 Å². The maximum atomic E-state index is 11.2. The lowest BCUT2D eigenvalue weighted by atomic mass is 10.4. The van der Waals surface area contributed by atoms with Crippen molar-refractivity contribution in [2.24, 2.45) is 0 Å². The number of hydrogen-bond acceptors (Lipinski definition) is 2. The molecule has 3 nitrogen and oxygen atoms in total. The average molecular weight is 195 g/mol. The van der Waals surface area contributed by atoms with Crippen molar-refractivity contribution in [1.29, 1.82) is 0 Å². The van der Waals surface area contributed by atoms with Crippen LogP contribution in [0.1, 0.15) is 19.8 Å². The Morgan fingerprint density at radius 3 is 2.93 bits per heavy atom. The maximum absolute atomic E-state index is 11.2. The lowest BCUT2D eigenvalue weighted by Crippen LogP contribution is -2.20. The minimum absolute atomic E-state index is 0.0339. The van der Waals surface area contributed by atoms with E-state index in [0.717, 1.165) is 19.4 Å². The molecule has 0 spiro atoms. The quantitative estimate of drug-likeness (QED) is 0.646. The van der Waals surface area contributed by atoms with E-state index in [4.69, 9.17) is 4.74 Å². The molecule has 0 radical (unpaired) electrons. The summed E-state index contributed by atoms with van der Waals surface area (Å²) in [6, 6.07) is 5.16. The fourth-order valence-electron chi connectivity index (χ4n) is 1.16. The Hall–Kier alpha value is -1.09. The summed E-state index contributed by atoms with van der Waals surface area (Å²) in [4.78, 5) is 11.2. The molecule has 0 saturated carbocycles. The first-order chi connectivity index (χ1) is 6.84. The third-order valence-electron chi connectivity index (χ3n) is 2.02. The van der Waals surface area contributed by atoms with Crippen molar-refractivity contribution in [2.75, 3.05) is 13.2 Å². The molecule has 0 aliphatic rings. The SMILES string of the molecule is CCCCOCCn1ccccc1=O. The van der Waals surface area contributed by atoms with Gasteiger partial charge in [0.15, 0.2) is 0 Å². The Balaban J connectivity index is 2.25. The van der Waals surface area contributed by atoms with Gasteiger partial charge in [0.25, 0.3) is 5.56 Å². The number of aromatic nitrogens is 1. The predicted octanol–water partition coefficient (Wildman–Crippen LogP) is 1.66. The van der Waals surface area contributed by atoms with Crippen molar-refractivity contribution in [3.8, 4) is 0 Å². The summed E-state index contributed by atoms with van der Waals surface area (Å²) in [6.07, 6.45) is 4.01. The normalized spacial score (nSPS) is 10.4. The second-order valence-electron chi connectivity index (χ2n) is 3.20. The molecule has 0 saturated heterocycles. The molecule has 78 valence electrons. The fourth-order valence-corrected chi connectivity index (χ4v) is 1.16. The minimum Gasteiger partial charge on any atom is -0.380 e. The van der Waals surface area contributed by atoms with Gasteiger partial charge in [-0.1, -0.05) is 19.4 Å². The van der Waals surface area contributed by atoms with Crippen LogP contribution >= 0.6 is 0 Å². The van der Waals surface area contributed by atoms with Crippen molar-refractivity contribution in [1.82, 2.24) is 4.57 Å². The first-order valence-electron chi connectivity index (χ1n) is 5.08. The number of ether oxygens (including phenoxy) is 1. The maximum Gasteiger partial charge on any atom is 0.250 e. The predicted molar refractivity (Wildman–Crippen MR) is 56.4 cm³/mol. The van der Waals surface area contributed by atoms with Gasteiger partial charge in [0.05, 0.1) is 6.61 Å². The Morgan fingerprint density at radius 1 is 1.36 bits per heavy atom. The van der Waals surface area contributed by atoms with Gasteiger partial charge in [-0.2, -0.15) is 0 Å². The number of rotatable bonds is 6. The van der Waals surface area contributed by atoms with Crippen LogP contribution in [-0.4, -0.2) is 17.8 Å². The molecule has 3 heteroatoms. The monoisotopic (exact) mass is 195 g/mol. The van der Waals surface area contributed by atoms with Crippen LogP contribution in [0.5, 0.6) is 0 Å². The number of unbranched alkanes of at least 4 members (excludes halogenated alkanes) is 1. The summed E-state index contributed by atoms with van der Waals surface area (Å²) in [6.45, 7) is 4.18. The highest BCUT2D eigenvalue weighted by atomic mass is 16.5. The number of nitrogens with zero attached hydrogens (tertiary/aromatic N) is 1. The second kappa shape index (κ2) is 6.38. The first-order valence-corrected chi connectivity index (χ1v) is 5.08. The van der Waals surface area contributed by atoms with Crippen molar-refractivity contribution in [2.45, 2.75) is 26.3 Å². The zero-order valence-corrected chi connectivity index (χ0v) is 8.61. The van der Waals surface area contributed by atoms with E-state index in [1.54, 1.807) is 22.9 Å². The Morgan fingerprint density at radius 2 is 2.21 bits per heavy atom. The average Bonchev–Trinajstić information content (AvgIpc) is 2.20. The van der Waals surface area contributed by atoms with Crippen LogP contribution in [0.15, 0.2) is 29.2 Å². The topological polar surface area (TPSA) is 31.2 Å². The molecule has 0 unspecified atom stereocenters. The third kappa shape index (κ3) is 3.75. The fraction of sp³-hybridized carbons (Fsp3) is 0.545. The van der Waals surface area contributed by atoms with E-state index in [0.29, 0.717) is 13.2 Å². The van der Waals surface area contributed by atoms with E-state index in [1.165, 1.54) is 0 Å². The highest BCUT2D eigenvalue weighted by Crippen LogP contribution is 1.89. The lowest BCUT2D eigenvalue weighted by molar-refractivity contribution is 0.123. The van der Waals surface area contributed by atoms with Crippen LogP contribution in [0.3, 0.4) is 0 Å². The Kier molecular flexibility index (Phi) is 5.00. The molecule has 14 heavy (non-hydrogen) atoms. The van der Waals surface area contributed by atoms with Gasteiger partial charge >= 0.3 is 0 Å². The van der Waals surface area contributed by atoms with Gasteiger partial charge in [-0.05, 0) is 12.5 Å². The van der Waals surface area contributed by atoms with E-state index in [1.807, 2.05) is 6.07 Å². The number of pyridine rings is 1. The van der Waals surface area contributed by atoms with Gasteiger partial charge in [-0.15, -0.1) is 0 Å². The Labute approximate surface area is 84.3 Å². The van der Waals surface area contributed by atoms with Crippen LogP contribution in [0.25, 0.3) is 0 Å². The van der Waals surface area contributed by atoms with Crippen LogP contribution < -0.4 is 5.56 Å². The zero-order chi connectivity index (χ0) is 10.2. The third-order valence-corrected chi connectivity index (χ3v) is 2.02. The Bertz CT molecular complexity index is 306. The number of hydrogen-bond donors (Lipinski definition) is 0. The molecule has 0 bridgehead atoms. The van der Waals surface area contributed by atoms with Gasteiger partial charge in [0, 0.05) is 25.4 Å². The molecule has 0 aliphatic carbocycles. The van der Waals surface area contributed by atoms with Crippen molar-refractivity contribution in [3.63, 3.8) is 0 Å². The second-order valence-corrected chi connectivity index (χ2v) is 3.20. The van der Waals surface area contributed by atoms with Gasteiger partial charge < -0.3 is 9.30 Å². The van der Waals surface area contributed by atoms with Crippen LogP contribution in [0.2, 0.25) is 0 Å². The first kappa shape index (κ1) is 11.0. The van der Waals surface area contributed by atoms with Crippen LogP contribution in [-0.2, 0) is 11.3 Å². The summed E-state index contributed by atoms with van der Waals surface area (Å²) in [5, 5.41) is 0. The molecule has 0 atom stereocenters. The summed E-state index contributed by atoms with van der Waals surface area (Å²) in [5.74, 6) is 0. The molecule has 1 aromatic heterocycles. The van der Waals surface area contributed by atoms with E-state index in [2.05, 4.69) is 6.92 Å². The molecular formula is C11H17NO2. The lowest BCUT2D eigenvalue weighted by Gasteiger charge is -2.05. The summed E-state index contributed by atoms with van der Waals surface area (Å²) in [7, 11) is 0. The highest BCUT2D eigenvalue weighted by molar-refractivity contribution is 4.92. The molecule has 1 aromatic rings. The van der Waals surface area contributed by atoms with E-state index in [9.17, 15) is 4.79 Å². The zero-order valence-electron chi connectivity index (χ0n) is 8.61. The smallest absolute Gasteiger partial charge is 0.250 e. The molecule has 0 aliphatic heterocycles. The molecule has 1 rings (SSSR count). The van der Waals surface area contributed by atoms with Crippen molar-refractivity contribution >= 4 is 0 Å². The van der Waals surface area contributed by atoms with E-state index >= 15 is 0 Å². The van der Waals surface area contributed by atoms with Crippen LogP contribution in [0.4, 0.5) is 0 Å². The summed E-state index contributed by atoms with van der Waals surface area (Å²) < 4.78 is 7.03. The molecule has 0 amide bonds. The van der Waals surface area contributed by atoms with Crippen molar-refractivity contribution in [3.05, 3.63) is 34.7 Å².